The van der Waals surface area contributed by atoms with Crippen LogP contribution in [0.5, 0.6) is 5.75 Å². The molecule has 0 spiro atoms. The van der Waals surface area contributed by atoms with E-state index in [-0.39, 0.29) is 11.8 Å². The van der Waals surface area contributed by atoms with Crippen LogP contribution in [-0.2, 0) is 4.74 Å². The lowest BCUT2D eigenvalue weighted by atomic mass is 10.0. The van der Waals surface area contributed by atoms with E-state index < -0.39 is 6.61 Å². The van der Waals surface area contributed by atoms with Crippen molar-refractivity contribution in [2.75, 3.05) is 13.2 Å². The van der Waals surface area contributed by atoms with Gasteiger partial charge in [-0.25, -0.2) is 0 Å². The molecule has 1 aliphatic heterocycles. The third kappa shape index (κ3) is 4.44. The van der Waals surface area contributed by atoms with Crippen LogP contribution in [-0.4, -0.2) is 25.9 Å². The normalized spacial score (nSPS) is 21.4. The molecule has 1 aliphatic rings. The topological polar surface area (TPSA) is 30.5 Å². The molecule has 0 bridgehead atoms. The van der Waals surface area contributed by atoms with Crippen LogP contribution in [0.4, 0.5) is 8.78 Å². The van der Waals surface area contributed by atoms with E-state index in [4.69, 9.17) is 4.74 Å². The summed E-state index contributed by atoms with van der Waals surface area (Å²) in [7, 11) is 0. The highest BCUT2D eigenvalue weighted by Gasteiger charge is 2.16. The summed E-state index contributed by atoms with van der Waals surface area (Å²) >= 11 is 0. The van der Waals surface area contributed by atoms with Crippen molar-refractivity contribution in [1.29, 1.82) is 0 Å². The molecule has 1 N–H and O–H groups in total. The highest BCUT2D eigenvalue weighted by Crippen LogP contribution is 2.20. The van der Waals surface area contributed by atoms with Crippen LogP contribution in [0.25, 0.3) is 0 Å². The van der Waals surface area contributed by atoms with Crippen LogP contribution in [0.3, 0.4) is 0 Å². The van der Waals surface area contributed by atoms with Gasteiger partial charge < -0.3 is 14.8 Å². The number of alkyl halides is 2. The molecular weight excluding hydrogens is 252 g/mol. The molecule has 2 rings (SSSR count). The molecule has 106 valence electrons. The zero-order chi connectivity index (χ0) is 13.7. The van der Waals surface area contributed by atoms with E-state index in [1.807, 2.05) is 0 Å². The third-order valence-corrected chi connectivity index (χ3v) is 3.25. The number of hydrogen-bond donors (Lipinski definition) is 1. The highest BCUT2D eigenvalue weighted by atomic mass is 19.3. The molecule has 1 aromatic carbocycles. The summed E-state index contributed by atoms with van der Waals surface area (Å²) in [6.07, 6.45) is 2.18. The van der Waals surface area contributed by atoms with Crippen LogP contribution in [0, 0.1) is 0 Å². The van der Waals surface area contributed by atoms with Crippen molar-refractivity contribution in [2.24, 2.45) is 0 Å². The van der Waals surface area contributed by atoms with Gasteiger partial charge in [0.15, 0.2) is 0 Å². The summed E-state index contributed by atoms with van der Waals surface area (Å²) < 4.78 is 33.8. The SMILES string of the molecule is CC(NC1CCCOC1)c1ccc(OC(F)F)cc1. The maximum Gasteiger partial charge on any atom is 0.387 e. The van der Waals surface area contributed by atoms with E-state index in [0.717, 1.165) is 31.6 Å². The van der Waals surface area contributed by atoms with Gasteiger partial charge in [0.1, 0.15) is 5.75 Å². The predicted octanol–water partition coefficient (Wildman–Crippen LogP) is 3.12. The Hall–Kier alpha value is -1.20. The lowest BCUT2D eigenvalue weighted by Crippen LogP contribution is -2.38. The van der Waals surface area contributed by atoms with Crippen LogP contribution < -0.4 is 10.1 Å². The van der Waals surface area contributed by atoms with Crippen molar-refractivity contribution in [3.05, 3.63) is 29.8 Å². The van der Waals surface area contributed by atoms with Crippen LogP contribution in [0.15, 0.2) is 24.3 Å². The largest absolute Gasteiger partial charge is 0.435 e. The van der Waals surface area contributed by atoms with Crippen LogP contribution >= 0.6 is 0 Å². The molecule has 2 atom stereocenters. The minimum atomic E-state index is -2.78. The van der Waals surface area contributed by atoms with Crippen molar-refractivity contribution >= 4 is 0 Å². The number of ether oxygens (including phenoxy) is 2. The van der Waals surface area contributed by atoms with Gasteiger partial charge in [-0.15, -0.1) is 0 Å². The van der Waals surface area contributed by atoms with Crippen LogP contribution in [0.2, 0.25) is 0 Å². The molecule has 1 fully saturated rings. The molecule has 1 heterocycles. The first-order valence-electron chi connectivity index (χ1n) is 6.53. The van der Waals surface area contributed by atoms with E-state index in [1.54, 1.807) is 24.3 Å². The quantitative estimate of drug-likeness (QED) is 0.892. The molecule has 2 unspecified atom stereocenters. The average Bonchev–Trinajstić information content (AvgIpc) is 2.40. The van der Waals surface area contributed by atoms with Crippen molar-refractivity contribution in [2.45, 2.75) is 38.5 Å². The zero-order valence-corrected chi connectivity index (χ0v) is 10.9. The number of nitrogens with one attached hydrogen (secondary N) is 1. The molecule has 19 heavy (non-hydrogen) atoms. The molecule has 5 heteroatoms. The molecule has 0 radical (unpaired) electrons. The second kappa shape index (κ2) is 6.82. The Morgan fingerprint density at radius 1 is 1.32 bits per heavy atom. The first-order chi connectivity index (χ1) is 9.15. The predicted molar refractivity (Wildman–Crippen MR) is 68.5 cm³/mol. The minimum absolute atomic E-state index is 0.160. The average molecular weight is 271 g/mol. The number of rotatable bonds is 5. The van der Waals surface area contributed by atoms with Crippen molar-refractivity contribution in [3.8, 4) is 5.75 Å². The zero-order valence-electron chi connectivity index (χ0n) is 10.9. The summed E-state index contributed by atoms with van der Waals surface area (Å²) in [5.74, 6) is 0.187. The molecule has 1 aromatic rings. The maximum absolute atomic E-state index is 12.0. The monoisotopic (exact) mass is 271 g/mol. The fourth-order valence-corrected chi connectivity index (χ4v) is 2.26. The molecule has 0 aliphatic carbocycles. The second-order valence-electron chi connectivity index (χ2n) is 4.75. The van der Waals surface area contributed by atoms with Gasteiger partial charge in [0, 0.05) is 18.7 Å². The molecule has 0 amide bonds. The van der Waals surface area contributed by atoms with Crippen molar-refractivity contribution < 1.29 is 18.3 Å². The summed E-state index contributed by atoms with van der Waals surface area (Å²) in [5.41, 5.74) is 1.05. The molecule has 1 saturated heterocycles. The lowest BCUT2D eigenvalue weighted by molar-refractivity contribution is -0.0498. The second-order valence-corrected chi connectivity index (χ2v) is 4.75. The molecule has 3 nitrogen and oxygen atoms in total. The fraction of sp³-hybridized carbons (Fsp3) is 0.571. The summed E-state index contributed by atoms with van der Waals surface area (Å²) in [6.45, 7) is 0.849. The highest BCUT2D eigenvalue weighted by molar-refractivity contribution is 5.29. The van der Waals surface area contributed by atoms with Crippen molar-refractivity contribution in [1.82, 2.24) is 5.32 Å². The number of benzene rings is 1. The Bertz CT molecular complexity index is 378. The Labute approximate surface area is 111 Å². The first kappa shape index (κ1) is 14.2. The van der Waals surface area contributed by atoms with E-state index in [1.165, 1.54) is 0 Å². The van der Waals surface area contributed by atoms with E-state index >= 15 is 0 Å². The Morgan fingerprint density at radius 3 is 2.63 bits per heavy atom. The fourth-order valence-electron chi connectivity index (χ4n) is 2.26. The lowest BCUT2D eigenvalue weighted by Gasteiger charge is -2.27. The van der Waals surface area contributed by atoms with E-state index in [2.05, 4.69) is 17.0 Å². The molecule has 0 saturated carbocycles. The third-order valence-electron chi connectivity index (χ3n) is 3.25. The van der Waals surface area contributed by atoms with E-state index in [0.29, 0.717) is 6.04 Å². The minimum Gasteiger partial charge on any atom is -0.435 e. The van der Waals surface area contributed by atoms with Gasteiger partial charge in [0.2, 0.25) is 0 Å². The van der Waals surface area contributed by atoms with Gasteiger partial charge in [0.25, 0.3) is 0 Å². The number of halogens is 2. The molecule has 0 aromatic heterocycles. The summed E-state index contributed by atoms with van der Waals surface area (Å²) in [4.78, 5) is 0. The smallest absolute Gasteiger partial charge is 0.387 e. The van der Waals surface area contributed by atoms with Gasteiger partial charge >= 0.3 is 6.61 Å². The summed E-state index contributed by atoms with van der Waals surface area (Å²) in [5, 5.41) is 3.48. The Morgan fingerprint density at radius 2 is 2.05 bits per heavy atom. The van der Waals surface area contributed by atoms with Crippen molar-refractivity contribution in [3.63, 3.8) is 0 Å². The standard InChI is InChI=1S/C14H19F2NO2/c1-10(17-12-3-2-8-18-9-12)11-4-6-13(7-5-11)19-14(15)16/h4-7,10,12,14,17H,2-3,8-9H2,1H3. The summed E-state index contributed by atoms with van der Waals surface area (Å²) in [6, 6.07) is 7.26. The van der Waals surface area contributed by atoms with Gasteiger partial charge in [-0.05, 0) is 37.5 Å². The number of hydrogen-bond acceptors (Lipinski definition) is 3. The Kier molecular flexibility index (Phi) is 5.10. The van der Waals surface area contributed by atoms with Gasteiger partial charge in [-0.2, -0.15) is 8.78 Å². The maximum atomic E-state index is 12.0. The van der Waals surface area contributed by atoms with Gasteiger partial charge in [-0.1, -0.05) is 12.1 Å². The van der Waals surface area contributed by atoms with Crippen LogP contribution in [0.1, 0.15) is 31.4 Å². The van der Waals surface area contributed by atoms with E-state index in [9.17, 15) is 8.78 Å². The Balaban J connectivity index is 1.89. The van der Waals surface area contributed by atoms with Gasteiger partial charge in [0.05, 0.1) is 6.61 Å². The van der Waals surface area contributed by atoms with Gasteiger partial charge in [-0.3, -0.25) is 0 Å². The molecular formula is C14H19F2NO2. The first-order valence-corrected chi connectivity index (χ1v) is 6.53.